The molecule has 0 unspecified atom stereocenters. The number of carbonyl (C=O) groups is 2. The molecule has 0 amide bonds. The summed E-state index contributed by atoms with van der Waals surface area (Å²) in [6.45, 7) is 3.24. The number of hydrogen-bond acceptors (Lipinski definition) is 9. The van der Waals surface area contributed by atoms with Crippen molar-refractivity contribution in [3.05, 3.63) is 77.1 Å². The Morgan fingerprint density at radius 3 is 2.67 bits per heavy atom. The lowest BCUT2D eigenvalue weighted by molar-refractivity contribution is -0.201. The number of hydrogen-bond donors (Lipinski definition) is 3. The van der Waals surface area contributed by atoms with Crippen molar-refractivity contribution in [2.75, 3.05) is 19.5 Å². The molecule has 5 aliphatic rings. The van der Waals surface area contributed by atoms with Crippen molar-refractivity contribution >= 4 is 17.3 Å². The number of allylic oxidation sites excluding steroid dienone is 4. The number of methoxy groups -OCH3 is 1. The second-order valence-electron chi connectivity index (χ2n) is 13.8. The minimum absolute atomic E-state index is 0.00166. The number of ketones is 2. The van der Waals surface area contributed by atoms with Crippen molar-refractivity contribution in [2.45, 2.75) is 70.2 Å². The minimum Gasteiger partial charge on any atom is -0.496 e. The summed E-state index contributed by atoms with van der Waals surface area (Å²) in [6, 6.07) is 10.2. The van der Waals surface area contributed by atoms with Gasteiger partial charge < -0.3 is 34.9 Å². The van der Waals surface area contributed by atoms with E-state index in [1.807, 2.05) is 19.1 Å². The van der Waals surface area contributed by atoms with Crippen molar-refractivity contribution in [3.8, 4) is 11.5 Å². The number of Topliss-reactive ketones (excluding diaryl/α,β-unsaturated/α-hetero) is 1. The van der Waals surface area contributed by atoms with E-state index in [1.54, 1.807) is 36.4 Å². The van der Waals surface area contributed by atoms with Gasteiger partial charge in [-0.05, 0) is 67.9 Å². The van der Waals surface area contributed by atoms with E-state index in [0.717, 1.165) is 12.0 Å². The standard InChI is InChI=1S/C36H40FNO8/c1-34-13-12-21(40)14-20(34)8-9-22-23-15-29-36(28(42)17-39,35(23,2)16-25(41)31(22)34)46-33(45-29)30-26(43-3)10-11-27(32(30)37)44-18-19-6-4-5-7-24(19)38/h4-7,10-14,22-23,25,29,31,33,39,41H,8-9,15-18,38H2,1-3H3/t22-,23-,25-,29+,31+,33-,34-,35-,36+/m0/s1. The molecule has 2 aromatic rings. The fraction of sp³-hybridized carbons (Fsp3) is 0.500. The van der Waals surface area contributed by atoms with Gasteiger partial charge in [-0.15, -0.1) is 0 Å². The highest BCUT2D eigenvalue weighted by molar-refractivity contribution is 6.01. The fourth-order valence-electron chi connectivity index (χ4n) is 9.70. The zero-order valence-corrected chi connectivity index (χ0v) is 26.2. The van der Waals surface area contributed by atoms with Gasteiger partial charge in [0.15, 0.2) is 35.0 Å². The van der Waals surface area contributed by atoms with Crippen molar-refractivity contribution in [2.24, 2.45) is 28.6 Å². The summed E-state index contributed by atoms with van der Waals surface area (Å²) in [4.78, 5) is 26.1. The molecular formula is C36H40FNO8. The van der Waals surface area contributed by atoms with E-state index in [9.17, 15) is 19.8 Å². The molecule has 1 saturated heterocycles. The molecule has 2 aromatic carbocycles. The van der Waals surface area contributed by atoms with Crippen LogP contribution in [-0.2, 0) is 25.7 Å². The maximum atomic E-state index is 16.3. The van der Waals surface area contributed by atoms with E-state index in [-0.39, 0.29) is 53.6 Å². The Hall–Kier alpha value is -3.57. The SMILES string of the molecule is COc1ccc(OCc2ccccc2N)c(F)c1[C@H]1O[C@@H]2C[C@H]3[C@@H]4CCC5=CC(=O)C=C[C@]5(C)[C@H]4[C@@H](O)C[C@]3(C)[C@]2(C(=O)CO)O1. The van der Waals surface area contributed by atoms with Crippen LogP contribution in [0.5, 0.6) is 11.5 Å². The van der Waals surface area contributed by atoms with Gasteiger partial charge in [0.25, 0.3) is 0 Å². The van der Waals surface area contributed by atoms with Gasteiger partial charge in [0.2, 0.25) is 0 Å². The highest BCUT2D eigenvalue weighted by Gasteiger charge is 2.76. The number of halogens is 1. The van der Waals surface area contributed by atoms with Crippen LogP contribution >= 0.6 is 0 Å². The van der Waals surface area contributed by atoms with Gasteiger partial charge in [-0.25, -0.2) is 4.39 Å². The predicted octanol–water partition coefficient (Wildman–Crippen LogP) is 4.60. The van der Waals surface area contributed by atoms with Crippen molar-refractivity contribution < 1.29 is 43.1 Å². The molecule has 10 heteroatoms. The van der Waals surface area contributed by atoms with Crippen molar-refractivity contribution in [1.29, 1.82) is 0 Å². The summed E-state index contributed by atoms with van der Waals surface area (Å²) in [7, 11) is 1.41. The van der Waals surface area contributed by atoms with Gasteiger partial charge in [-0.3, -0.25) is 9.59 Å². The van der Waals surface area contributed by atoms with Gasteiger partial charge in [0.1, 0.15) is 19.0 Å². The van der Waals surface area contributed by atoms with Crippen LogP contribution in [0.25, 0.3) is 0 Å². The minimum atomic E-state index is -1.63. The van der Waals surface area contributed by atoms with Gasteiger partial charge in [0, 0.05) is 28.0 Å². The molecule has 9 nitrogen and oxygen atoms in total. The largest absolute Gasteiger partial charge is 0.496 e. The molecule has 7 rings (SSSR count). The van der Waals surface area contributed by atoms with Crippen LogP contribution in [0, 0.1) is 34.4 Å². The second kappa shape index (κ2) is 11.0. The molecular weight excluding hydrogens is 593 g/mol. The number of rotatable bonds is 7. The number of carbonyl (C=O) groups excluding carboxylic acids is 2. The zero-order chi connectivity index (χ0) is 32.6. The predicted molar refractivity (Wildman–Crippen MR) is 165 cm³/mol. The number of anilines is 1. The number of ether oxygens (including phenoxy) is 4. The molecule has 9 atom stereocenters. The number of aliphatic hydroxyl groups is 2. The summed E-state index contributed by atoms with van der Waals surface area (Å²) < 4.78 is 40.7. The Labute approximate surface area is 267 Å². The monoisotopic (exact) mass is 633 g/mol. The topological polar surface area (TPSA) is 138 Å². The Morgan fingerprint density at radius 1 is 1.17 bits per heavy atom. The summed E-state index contributed by atoms with van der Waals surface area (Å²) in [6.07, 6.45) is 4.32. The highest BCUT2D eigenvalue weighted by atomic mass is 19.1. The third-order valence-electron chi connectivity index (χ3n) is 11.8. The molecule has 0 bridgehead atoms. The molecule has 4 N–H and O–H groups in total. The first kappa shape index (κ1) is 31.1. The average molecular weight is 634 g/mol. The molecule has 1 heterocycles. The lowest BCUT2D eigenvalue weighted by Gasteiger charge is -2.59. The van der Waals surface area contributed by atoms with E-state index < -0.39 is 53.1 Å². The van der Waals surface area contributed by atoms with Crippen molar-refractivity contribution in [3.63, 3.8) is 0 Å². The summed E-state index contributed by atoms with van der Waals surface area (Å²) in [5, 5.41) is 22.2. The normalized spacial score (nSPS) is 37.5. The van der Waals surface area contributed by atoms with Crippen LogP contribution in [-0.4, -0.2) is 53.3 Å². The van der Waals surface area contributed by atoms with E-state index >= 15 is 4.39 Å². The highest BCUT2D eigenvalue weighted by Crippen LogP contribution is 2.70. The Balaban J connectivity index is 1.23. The lowest BCUT2D eigenvalue weighted by Crippen LogP contribution is -2.63. The first-order chi connectivity index (χ1) is 22.0. The number of fused-ring (bicyclic) bond motifs is 7. The number of nitrogens with two attached hydrogens (primary N) is 1. The summed E-state index contributed by atoms with van der Waals surface area (Å²) in [5.41, 5.74) is 5.17. The molecule has 244 valence electrons. The molecule has 0 spiro atoms. The van der Waals surface area contributed by atoms with E-state index in [1.165, 1.54) is 13.2 Å². The Morgan fingerprint density at radius 2 is 1.93 bits per heavy atom. The Bertz CT molecular complexity index is 1660. The van der Waals surface area contributed by atoms with Gasteiger partial charge >= 0.3 is 0 Å². The molecule has 46 heavy (non-hydrogen) atoms. The lowest BCUT2D eigenvalue weighted by atomic mass is 9.46. The second-order valence-corrected chi connectivity index (χ2v) is 13.8. The van der Waals surface area contributed by atoms with Crippen LogP contribution in [0.2, 0.25) is 0 Å². The number of benzene rings is 2. The van der Waals surface area contributed by atoms with Crippen LogP contribution in [0.1, 0.15) is 56.9 Å². The van der Waals surface area contributed by atoms with Crippen molar-refractivity contribution in [1.82, 2.24) is 0 Å². The van der Waals surface area contributed by atoms with Crippen LogP contribution in [0.4, 0.5) is 10.1 Å². The van der Waals surface area contributed by atoms with Crippen LogP contribution < -0.4 is 15.2 Å². The van der Waals surface area contributed by atoms with Gasteiger partial charge in [-0.2, -0.15) is 0 Å². The first-order valence-electron chi connectivity index (χ1n) is 15.9. The number of nitrogen functional groups attached to an aromatic ring is 1. The fourth-order valence-corrected chi connectivity index (χ4v) is 9.70. The first-order valence-corrected chi connectivity index (χ1v) is 15.9. The smallest absolute Gasteiger partial charge is 0.193 e. The average Bonchev–Trinajstić information content (AvgIpc) is 3.53. The molecule has 0 aromatic heterocycles. The van der Waals surface area contributed by atoms with E-state index in [0.29, 0.717) is 24.1 Å². The number of para-hydroxylation sites is 1. The molecule has 3 saturated carbocycles. The van der Waals surface area contributed by atoms with Gasteiger partial charge in [-0.1, -0.05) is 43.7 Å². The summed E-state index contributed by atoms with van der Waals surface area (Å²) in [5.74, 6) is -1.53. The Kier molecular flexibility index (Phi) is 7.43. The van der Waals surface area contributed by atoms with E-state index in [2.05, 4.69) is 6.92 Å². The number of aliphatic hydroxyl groups excluding tert-OH is 2. The molecule has 0 radical (unpaired) electrons. The third-order valence-corrected chi connectivity index (χ3v) is 11.8. The summed E-state index contributed by atoms with van der Waals surface area (Å²) >= 11 is 0. The third kappa shape index (κ3) is 4.26. The molecule has 4 aliphatic carbocycles. The van der Waals surface area contributed by atoms with Crippen LogP contribution in [0.3, 0.4) is 0 Å². The zero-order valence-electron chi connectivity index (χ0n) is 26.2. The molecule has 4 fully saturated rings. The van der Waals surface area contributed by atoms with Crippen LogP contribution in [0.15, 0.2) is 60.2 Å². The maximum Gasteiger partial charge on any atom is 0.193 e. The van der Waals surface area contributed by atoms with E-state index in [4.69, 9.17) is 24.7 Å². The molecule has 1 aliphatic heterocycles. The quantitative estimate of drug-likeness (QED) is 0.374. The van der Waals surface area contributed by atoms with Gasteiger partial charge in [0.05, 0.1) is 24.9 Å². The maximum absolute atomic E-state index is 16.3.